The minimum Gasteiger partial charge on any atom is -0.435 e. The molecule has 0 atom stereocenters. The molecule has 1 aliphatic heterocycles. The predicted molar refractivity (Wildman–Crippen MR) is 76.4 cm³/mol. The second-order valence-corrected chi connectivity index (χ2v) is 4.39. The molecular weight excluding hydrogens is 236 g/mol. The molecule has 1 heterocycles. The van der Waals surface area contributed by atoms with Crippen LogP contribution in [0.15, 0.2) is 65.9 Å². The monoisotopic (exact) mass is 250 g/mol. The van der Waals surface area contributed by atoms with Gasteiger partial charge in [0.25, 0.3) is 0 Å². The fourth-order valence-electron chi connectivity index (χ4n) is 1.87. The molecular formula is C16H14N2O. The van der Waals surface area contributed by atoms with Crippen molar-refractivity contribution in [2.24, 2.45) is 5.10 Å². The minimum atomic E-state index is 0.585. The largest absolute Gasteiger partial charge is 0.435 e. The van der Waals surface area contributed by atoms with E-state index in [0.717, 1.165) is 16.9 Å². The smallest absolute Gasteiger partial charge is 0.243 e. The van der Waals surface area contributed by atoms with Gasteiger partial charge in [-0.25, -0.2) is 0 Å². The molecule has 0 saturated carbocycles. The quantitative estimate of drug-likeness (QED) is 0.887. The molecule has 19 heavy (non-hydrogen) atoms. The summed E-state index contributed by atoms with van der Waals surface area (Å²) in [7, 11) is 0. The molecule has 94 valence electrons. The predicted octanol–water partition coefficient (Wildman–Crippen LogP) is 3.28. The van der Waals surface area contributed by atoms with Crippen molar-refractivity contribution in [2.75, 3.05) is 0 Å². The van der Waals surface area contributed by atoms with Crippen molar-refractivity contribution in [1.82, 2.24) is 5.43 Å². The summed E-state index contributed by atoms with van der Waals surface area (Å²) in [5.74, 6) is 1.35. The molecule has 3 nitrogen and oxygen atoms in total. The van der Waals surface area contributed by atoms with Gasteiger partial charge in [0, 0.05) is 11.1 Å². The van der Waals surface area contributed by atoms with Gasteiger partial charge >= 0.3 is 0 Å². The van der Waals surface area contributed by atoms with Gasteiger partial charge in [-0.15, -0.1) is 5.10 Å². The Hall–Kier alpha value is -2.55. The highest BCUT2D eigenvalue weighted by molar-refractivity contribution is 5.97. The molecule has 1 aliphatic rings. The Morgan fingerprint density at radius 3 is 2.37 bits per heavy atom. The van der Waals surface area contributed by atoms with E-state index in [1.165, 1.54) is 5.56 Å². The molecule has 0 fully saturated rings. The normalized spacial score (nSPS) is 13.9. The molecule has 0 bridgehead atoms. The number of rotatable bonds is 2. The van der Waals surface area contributed by atoms with Crippen molar-refractivity contribution in [3.8, 4) is 0 Å². The Labute approximate surface area is 112 Å². The van der Waals surface area contributed by atoms with E-state index in [-0.39, 0.29) is 0 Å². The maximum Gasteiger partial charge on any atom is 0.243 e. The van der Waals surface area contributed by atoms with Crippen molar-refractivity contribution in [2.45, 2.75) is 6.92 Å². The average Bonchev–Trinajstić information content (AvgIpc) is 2.49. The van der Waals surface area contributed by atoms with Crippen LogP contribution in [-0.2, 0) is 4.74 Å². The van der Waals surface area contributed by atoms with Crippen LogP contribution in [0.4, 0.5) is 0 Å². The lowest BCUT2D eigenvalue weighted by molar-refractivity contribution is 0.485. The van der Waals surface area contributed by atoms with Gasteiger partial charge < -0.3 is 4.74 Å². The molecule has 0 amide bonds. The topological polar surface area (TPSA) is 33.6 Å². The fourth-order valence-corrected chi connectivity index (χ4v) is 1.87. The molecule has 0 aromatic heterocycles. The molecule has 3 heteroatoms. The van der Waals surface area contributed by atoms with E-state index >= 15 is 0 Å². The molecule has 0 spiro atoms. The van der Waals surface area contributed by atoms with Crippen LogP contribution < -0.4 is 5.43 Å². The molecule has 1 N–H and O–H groups in total. The first kappa shape index (κ1) is 11.5. The van der Waals surface area contributed by atoms with Gasteiger partial charge in [0.2, 0.25) is 5.90 Å². The molecule has 2 aromatic rings. The van der Waals surface area contributed by atoms with E-state index < -0.39 is 0 Å². The van der Waals surface area contributed by atoms with E-state index in [1.54, 1.807) is 6.20 Å². The molecule has 3 rings (SSSR count). The Morgan fingerprint density at radius 2 is 1.63 bits per heavy atom. The number of nitrogens with one attached hydrogen (secondary N) is 1. The number of hydrogen-bond donors (Lipinski definition) is 1. The number of benzene rings is 2. The molecule has 0 unspecified atom stereocenters. The minimum absolute atomic E-state index is 0.585. The summed E-state index contributed by atoms with van der Waals surface area (Å²) in [5, 5.41) is 4.17. The van der Waals surface area contributed by atoms with Gasteiger partial charge in [-0.3, -0.25) is 5.43 Å². The lowest BCUT2D eigenvalue weighted by Crippen LogP contribution is -2.16. The summed E-state index contributed by atoms with van der Waals surface area (Å²) in [5.41, 5.74) is 6.09. The zero-order chi connectivity index (χ0) is 13.1. The van der Waals surface area contributed by atoms with Crippen LogP contribution in [0.5, 0.6) is 0 Å². The highest BCUT2D eigenvalue weighted by Gasteiger charge is 2.13. The molecule has 0 aliphatic carbocycles. The van der Waals surface area contributed by atoms with Crippen LogP contribution in [0.25, 0.3) is 5.76 Å². The van der Waals surface area contributed by atoms with Gasteiger partial charge in [-0.05, 0) is 19.1 Å². The second kappa shape index (κ2) is 4.98. The fraction of sp³-hybridized carbons (Fsp3) is 0.0625. The summed E-state index contributed by atoms with van der Waals surface area (Å²) in [6.07, 6.45) is 1.76. The van der Waals surface area contributed by atoms with Crippen molar-refractivity contribution in [3.05, 3.63) is 77.5 Å². The third-order valence-corrected chi connectivity index (χ3v) is 2.93. The Bertz CT molecular complexity index is 628. The summed E-state index contributed by atoms with van der Waals surface area (Å²) < 4.78 is 5.85. The van der Waals surface area contributed by atoms with Crippen molar-refractivity contribution >= 4 is 11.7 Å². The maximum absolute atomic E-state index is 5.85. The first-order valence-corrected chi connectivity index (χ1v) is 6.16. The maximum atomic E-state index is 5.85. The number of hydrogen-bond acceptors (Lipinski definition) is 3. The van der Waals surface area contributed by atoms with Gasteiger partial charge in [0.1, 0.15) is 0 Å². The van der Waals surface area contributed by atoms with Gasteiger partial charge in [-0.1, -0.05) is 48.0 Å². The summed E-state index contributed by atoms with van der Waals surface area (Å²) >= 11 is 0. The number of aryl methyl sites for hydroxylation is 1. The van der Waals surface area contributed by atoms with Crippen LogP contribution in [0.1, 0.15) is 16.7 Å². The first-order chi connectivity index (χ1) is 9.33. The third-order valence-electron chi connectivity index (χ3n) is 2.93. The van der Waals surface area contributed by atoms with Gasteiger partial charge in [0.05, 0.1) is 6.20 Å². The van der Waals surface area contributed by atoms with E-state index in [0.29, 0.717) is 5.90 Å². The standard InChI is InChI=1S/C16H14N2O/c1-12-7-9-14(10-8-12)16-18-17-11-15(19-16)13-5-3-2-4-6-13/h2-11,17H,1H3. The van der Waals surface area contributed by atoms with Crippen molar-refractivity contribution in [3.63, 3.8) is 0 Å². The van der Waals surface area contributed by atoms with Crippen molar-refractivity contribution < 1.29 is 4.74 Å². The number of nitrogens with zero attached hydrogens (tertiary/aromatic N) is 1. The summed E-state index contributed by atoms with van der Waals surface area (Å²) in [4.78, 5) is 0. The van der Waals surface area contributed by atoms with Crippen LogP contribution in [0, 0.1) is 6.92 Å². The third kappa shape index (κ3) is 2.50. The molecule has 0 saturated heterocycles. The van der Waals surface area contributed by atoms with E-state index in [4.69, 9.17) is 4.74 Å². The first-order valence-electron chi connectivity index (χ1n) is 6.16. The van der Waals surface area contributed by atoms with Crippen LogP contribution >= 0.6 is 0 Å². The van der Waals surface area contributed by atoms with E-state index in [9.17, 15) is 0 Å². The summed E-state index contributed by atoms with van der Waals surface area (Å²) in [6, 6.07) is 18.1. The van der Waals surface area contributed by atoms with E-state index in [1.807, 2.05) is 54.6 Å². The average molecular weight is 250 g/mol. The van der Waals surface area contributed by atoms with Crippen molar-refractivity contribution in [1.29, 1.82) is 0 Å². The van der Waals surface area contributed by atoms with Crippen LogP contribution in [-0.4, -0.2) is 5.90 Å². The Kier molecular flexibility index (Phi) is 3.02. The lowest BCUT2D eigenvalue weighted by Gasteiger charge is -2.16. The highest BCUT2D eigenvalue weighted by atomic mass is 16.5. The van der Waals surface area contributed by atoms with Gasteiger partial charge in [-0.2, -0.15) is 0 Å². The Morgan fingerprint density at radius 1 is 0.895 bits per heavy atom. The molecule has 2 aromatic carbocycles. The Balaban J connectivity index is 1.84. The zero-order valence-corrected chi connectivity index (χ0v) is 10.6. The molecule has 0 radical (unpaired) electrons. The number of hydrazone groups is 1. The zero-order valence-electron chi connectivity index (χ0n) is 10.6. The second-order valence-electron chi connectivity index (χ2n) is 4.39. The van der Waals surface area contributed by atoms with Crippen LogP contribution in [0.3, 0.4) is 0 Å². The SMILES string of the molecule is Cc1ccc(C2=NNC=C(c3ccccc3)O2)cc1. The van der Waals surface area contributed by atoms with E-state index in [2.05, 4.69) is 17.5 Å². The number of ether oxygens (including phenoxy) is 1. The highest BCUT2D eigenvalue weighted by Crippen LogP contribution is 2.19. The van der Waals surface area contributed by atoms with Crippen LogP contribution in [0.2, 0.25) is 0 Å². The lowest BCUT2D eigenvalue weighted by atomic mass is 10.1. The summed E-state index contributed by atoms with van der Waals surface area (Å²) in [6.45, 7) is 2.06. The van der Waals surface area contributed by atoms with Gasteiger partial charge in [0.15, 0.2) is 5.76 Å².